The van der Waals surface area contributed by atoms with Crippen molar-refractivity contribution >= 4 is 46.1 Å². The van der Waals surface area contributed by atoms with E-state index in [1.165, 1.54) is 6.07 Å². The molecule has 0 radical (unpaired) electrons. The van der Waals surface area contributed by atoms with Crippen molar-refractivity contribution in [2.75, 3.05) is 18.5 Å². The first-order chi connectivity index (χ1) is 36.4. The number of alkyl carbamates (subject to hydrolysis) is 1. The van der Waals surface area contributed by atoms with Gasteiger partial charge in [-0.2, -0.15) is 0 Å². The molecule has 4 aliphatic rings. The Kier molecular flexibility index (Phi) is 14.4. The molecular weight excluding hydrogens is 972 g/mol. The van der Waals surface area contributed by atoms with Gasteiger partial charge in [0.25, 0.3) is 5.56 Å². The zero-order valence-electron chi connectivity index (χ0n) is 43.4. The Morgan fingerprint density at radius 1 is 0.921 bits per heavy atom. The van der Waals surface area contributed by atoms with Gasteiger partial charge in [-0.15, -0.1) is 0 Å². The number of hydrogen-bond donors (Lipinski definition) is 3. The number of ether oxygens (including phenoxy) is 4. The molecule has 3 N–H and O–H groups in total. The molecule has 0 spiro atoms. The van der Waals surface area contributed by atoms with Crippen molar-refractivity contribution in [2.45, 2.75) is 123 Å². The Labute approximate surface area is 439 Å². The third-order valence-corrected chi connectivity index (χ3v) is 15.7. The van der Waals surface area contributed by atoms with Crippen LogP contribution in [0, 0.1) is 24.6 Å². The van der Waals surface area contributed by atoms with E-state index < -0.39 is 47.3 Å². The van der Waals surface area contributed by atoms with Gasteiger partial charge < -0.3 is 39.3 Å². The lowest BCUT2D eigenvalue weighted by atomic mass is 9.76. The summed E-state index contributed by atoms with van der Waals surface area (Å²) in [7, 11) is 0. The van der Waals surface area contributed by atoms with Crippen LogP contribution in [0.4, 0.5) is 14.9 Å². The lowest BCUT2D eigenvalue weighted by molar-refractivity contribution is -0.172. The summed E-state index contributed by atoms with van der Waals surface area (Å²) in [5.41, 5.74) is 7.83. The topological polar surface area (TPSA) is 201 Å². The Balaban J connectivity index is 0.713. The summed E-state index contributed by atoms with van der Waals surface area (Å²) in [5.74, 6) is -3.40. The van der Waals surface area contributed by atoms with Gasteiger partial charge in [0.2, 0.25) is 5.91 Å². The number of hydrogen-bond acceptors (Lipinski definition) is 12. The molecule has 2 amide bonds. The molecule has 0 saturated carbocycles. The van der Waals surface area contributed by atoms with Crippen LogP contribution in [0.2, 0.25) is 0 Å². The monoisotopic (exact) mass is 1030 g/mol. The number of esters is 1. The number of carbonyl (C=O) groups excluding carboxylic acids is 5. The van der Waals surface area contributed by atoms with Gasteiger partial charge in [-0.25, -0.2) is 19.0 Å². The highest BCUT2D eigenvalue weighted by Crippen LogP contribution is 2.48. The largest absolute Gasteiger partial charge is 0.458 e. The highest BCUT2D eigenvalue weighted by Gasteiger charge is 2.46. The third-order valence-electron chi connectivity index (χ3n) is 15.7. The van der Waals surface area contributed by atoms with E-state index in [1.807, 2.05) is 50.2 Å². The SMILES string of the molecule is CC[C@@]1(O)C(=O)OCc2c1cc1n(c2=O)Cc2c-1nc1cc(F)c(C)c3c1c2[C@@H](CC(=O)COC(C)OCc1ccc(NC(=O)[C@H](C)CC(=O)[C@@H](NC(=O)OCC2c4ccccc4-c4ccccc42)C(C)C)cc1)CC3. The van der Waals surface area contributed by atoms with Gasteiger partial charge in [-0.1, -0.05) is 88.4 Å². The highest BCUT2D eigenvalue weighted by molar-refractivity contribution is 5.97. The van der Waals surface area contributed by atoms with E-state index in [-0.39, 0.29) is 98.6 Å². The van der Waals surface area contributed by atoms with Crippen molar-refractivity contribution in [1.82, 2.24) is 14.9 Å². The summed E-state index contributed by atoms with van der Waals surface area (Å²) in [6.45, 7) is 10.3. The minimum absolute atomic E-state index is 0.00759. The van der Waals surface area contributed by atoms with Gasteiger partial charge in [0.15, 0.2) is 23.5 Å². The third kappa shape index (κ3) is 9.62. The summed E-state index contributed by atoms with van der Waals surface area (Å²) in [5, 5.41) is 17.8. The molecule has 6 aromatic rings. The van der Waals surface area contributed by atoms with Crippen LogP contribution in [0.3, 0.4) is 0 Å². The Hall–Kier alpha value is -7.40. The number of anilines is 1. The number of aliphatic hydroxyl groups is 1. The number of aromatic nitrogens is 2. The van der Waals surface area contributed by atoms with E-state index in [2.05, 4.69) is 22.8 Å². The van der Waals surface area contributed by atoms with Crippen LogP contribution in [0.5, 0.6) is 0 Å². The van der Waals surface area contributed by atoms with E-state index in [0.29, 0.717) is 41.0 Å². The van der Waals surface area contributed by atoms with Crippen LogP contribution < -0.4 is 16.2 Å². The molecule has 1 unspecified atom stereocenters. The first-order valence-electron chi connectivity index (χ1n) is 26.1. The maximum atomic E-state index is 15.4. The average molecular weight is 1030 g/mol. The molecule has 5 atom stereocenters. The van der Waals surface area contributed by atoms with Crippen molar-refractivity contribution in [3.8, 4) is 22.5 Å². The fraction of sp³-hybridized carbons (Fsp3) is 0.383. The zero-order valence-corrected chi connectivity index (χ0v) is 43.4. The lowest BCUT2D eigenvalue weighted by Crippen LogP contribution is -2.45. The van der Waals surface area contributed by atoms with Crippen molar-refractivity contribution in [3.05, 3.63) is 151 Å². The van der Waals surface area contributed by atoms with E-state index in [4.69, 9.17) is 23.9 Å². The predicted octanol–water partition coefficient (Wildman–Crippen LogP) is 9.19. The van der Waals surface area contributed by atoms with Crippen LogP contribution in [-0.2, 0) is 69.9 Å². The highest BCUT2D eigenvalue weighted by atomic mass is 19.1. The number of carbonyl (C=O) groups is 5. The molecule has 4 heterocycles. The smallest absolute Gasteiger partial charge is 0.407 e. The summed E-state index contributed by atoms with van der Waals surface area (Å²) < 4.78 is 39.8. The number of aryl methyl sites for hydroxylation is 1. The molecule has 0 bridgehead atoms. The van der Waals surface area contributed by atoms with Gasteiger partial charge >= 0.3 is 12.1 Å². The number of pyridine rings is 2. The molecule has 0 saturated heterocycles. The standard InChI is InChI=1S/C60H61FN4O11/c1-7-60(72)47-24-50-55-44(26-65(50)57(69)46(47)30-75-58(60)70)52-36(18-21-39-33(5)48(61)25-49(63-55)53(39)52)23-38(66)28-74-34(6)73-27-35-16-19-37(20-17-35)62-56(68)32(4)22-51(67)54(31(2)3)64-59(71)76-29-45-42-14-10-8-12-40(42)41-13-9-11-15-43(41)45/h8-17,19-20,24-25,31-32,34,36,45,54,72H,7,18,21-23,26-30H2,1-6H3,(H,62,68)(H,64,71)/t32-,34?,36-,54+,60+/m1/s1. The number of benzene rings is 4. The van der Waals surface area contributed by atoms with Gasteiger partial charge in [-0.3, -0.25) is 19.2 Å². The number of fused-ring (bicyclic) bond motifs is 8. The summed E-state index contributed by atoms with van der Waals surface area (Å²) in [4.78, 5) is 85.3. The second-order valence-corrected chi connectivity index (χ2v) is 20.9. The molecule has 10 rings (SSSR count). The van der Waals surface area contributed by atoms with Crippen LogP contribution in [0.1, 0.15) is 122 Å². The Morgan fingerprint density at radius 3 is 2.30 bits per heavy atom. The fourth-order valence-electron chi connectivity index (χ4n) is 11.5. The van der Waals surface area contributed by atoms with Crippen molar-refractivity contribution in [2.24, 2.45) is 11.8 Å². The van der Waals surface area contributed by atoms with Gasteiger partial charge in [-0.05, 0) is 108 Å². The summed E-state index contributed by atoms with van der Waals surface area (Å²) >= 11 is 0. The van der Waals surface area contributed by atoms with Gasteiger partial charge in [0, 0.05) is 52.9 Å². The molecule has 15 nitrogen and oxygen atoms in total. The fourth-order valence-corrected chi connectivity index (χ4v) is 11.5. The van der Waals surface area contributed by atoms with Crippen molar-refractivity contribution in [3.63, 3.8) is 0 Å². The molecule has 76 heavy (non-hydrogen) atoms. The number of cyclic esters (lactones) is 1. The molecule has 0 fully saturated rings. The summed E-state index contributed by atoms with van der Waals surface area (Å²) in [6.07, 6.45) is -0.357. The molecule has 2 aliphatic heterocycles. The van der Waals surface area contributed by atoms with E-state index in [0.717, 1.165) is 49.9 Å². The van der Waals surface area contributed by atoms with Crippen molar-refractivity contribution in [1.29, 1.82) is 0 Å². The quantitative estimate of drug-likeness (QED) is 0.0544. The minimum Gasteiger partial charge on any atom is -0.458 e. The van der Waals surface area contributed by atoms with E-state index in [1.54, 1.807) is 62.6 Å². The molecule has 394 valence electrons. The Morgan fingerprint density at radius 2 is 1.62 bits per heavy atom. The van der Waals surface area contributed by atoms with Crippen molar-refractivity contribution < 1.29 is 52.4 Å². The van der Waals surface area contributed by atoms with Crippen LogP contribution in [0.15, 0.2) is 89.7 Å². The molecule has 16 heteroatoms. The number of nitrogens with zero attached hydrogens (tertiary/aromatic N) is 2. The predicted molar refractivity (Wildman–Crippen MR) is 281 cm³/mol. The first-order valence-corrected chi connectivity index (χ1v) is 26.1. The lowest BCUT2D eigenvalue weighted by Gasteiger charge is -2.31. The van der Waals surface area contributed by atoms with E-state index >= 15 is 4.39 Å². The van der Waals surface area contributed by atoms with Crippen LogP contribution in [-0.4, -0.2) is 69.7 Å². The Bertz CT molecular complexity index is 3360. The van der Waals surface area contributed by atoms with Gasteiger partial charge in [0.05, 0.1) is 41.7 Å². The number of rotatable bonds is 18. The maximum Gasteiger partial charge on any atom is 0.407 e. The van der Waals surface area contributed by atoms with Gasteiger partial charge in [0.1, 0.15) is 25.6 Å². The summed E-state index contributed by atoms with van der Waals surface area (Å²) in [6, 6.07) is 25.3. The second-order valence-electron chi connectivity index (χ2n) is 20.9. The molecule has 2 aromatic heterocycles. The maximum absolute atomic E-state index is 15.4. The van der Waals surface area contributed by atoms with Crippen LogP contribution in [0.25, 0.3) is 33.4 Å². The zero-order chi connectivity index (χ0) is 53.7. The number of Topliss-reactive ketones (excluding diaryl/α,β-unsaturated/α-hetero) is 2. The first kappa shape index (κ1) is 52.1. The number of nitrogens with one attached hydrogen (secondary N) is 2. The number of amides is 2. The second kappa shape index (κ2) is 21.0. The normalized spacial score (nSPS) is 18.2. The van der Waals surface area contributed by atoms with Crippen LogP contribution >= 0.6 is 0 Å². The number of ketones is 2. The number of halogens is 1. The minimum atomic E-state index is -2.00. The molecular formula is C60H61FN4O11. The average Bonchev–Trinajstić information content (AvgIpc) is 4.01. The molecule has 2 aliphatic carbocycles. The molecule has 4 aromatic carbocycles. The van der Waals surface area contributed by atoms with E-state index in [9.17, 15) is 33.9 Å².